The molecule has 2 atom stereocenters. The van der Waals surface area contributed by atoms with Crippen molar-refractivity contribution in [2.45, 2.75) is 195 Å². The Labute approximate surface area is 619 Å². The van der Waals surface area contributed by atoms with Gasteiger partial charge in [0.25, 0.3) is 0 Å². The number of amides is 6. The van der Waals surface area contributed by atoms with Gasteiger partial charge in [-0.25, -0.2) is 0 Å². The highest BCUT2D eigenvalue weighted by molar-refractivity contribution is 7.86. The second kappa shape index (κ2) is 44.7. The molecule has 4 aromatic rings. The molecule has 26 nitrogen and oxygen atoms in total. The van der Waals surface area contributed by atoms with Crippen molar-refractivity contribution in [2.75, 3.05) is 95.9 Å². The molecule has 3 aliphatic carbocycles. The van der Waals surface area contributed by atoms with E-state index in [0.29, 0.717) is 61.2 Å². The molecule has 2 bridgehead atoms. The Morgan fingerprint density at radius 2 is 1.10 bits per heavy atom. The van der Waals surface area contributed by atoms with E-state index in [-0.39, 0.29) is 133 Å². The van der Waals surface area contributed by atoms with Crippen LogP contribution in [-0.2, 0) is 74.3 Å². The third kappa shape index (κ3) is 26.7. The van der Waals surface area contributed by atoms with Gasteiger partial charge in [0.05, 0.1) is 50.6 Å². The Bertz CT molecular complexity index is 3580. The molecular formula is C74H104B3FN12O14S. The lowest BCUT2D eigenvalue weighted by Gasteiger charge is -2.51. The number of halogens is 1. The fourth-order valence-electron chi connectivity index (χ4n) is 14.0. The van der Waals surface area contributed by atoms with Crippen molar-refractivity contribution in [1.29, 1.82) is 10.8 Å². The van der Waals surface area contributed by atoms with Crippen molar-refractivity contribution in [1.82, 2.24) is 19.9 Å². The summed E-state index contributed by atoms with van der Waals surface area (Å²) < 4.78 is 63.2. The monoisotopic (exact) mass is 1470 g/mol. The lowest BCUT2D eigenvalue weighted by molar-refractivity contribution is -0.143. The Morgan fingerprint density at radius 3 is 1.55 bits per heavy atom. The number of unbranched alkanes of at least 4 members (excludes halogenated alkanes) is 12. The summed E-state index contributed by atoms with van der Waals surface area (Å²) in [6, 6.07) is 21.8. The maximum atomic E-state index is 14.7. The van der Waals surface area contributed by atoms with Crippen molar-refractivity contribution in [3.63, 3.8) is 0 Å². The molecule has 105 heavy (non-hydrogen) atoms. The molecule has 1 aliphatic heterocycles. The molecule has 1 fully saturated rings. The van der Waals surface area contributed by atoms with Crippen LogP contribution in [0.3, 0.4) is 0 Å². The number of carbonyl (C=O) groups is 6. The minimum absolute atomic E-state index is 0.0182. The predicted molar refractivity (Wildman–Crippen MR) is 405 cm³/mol. The number of anilines is 3. The molecule has 0 unspecified atom stereocenters. The fraction of sp³-hybridized carbons (Fsp3) is 0.568. The lowest BCUT2D eigenvalue weighted by atomic mass is 9.51. The van der Waals surface area contributed by atoms with Gasteiger partial charge in [0.1, 0.15) is 18.8 Å². The largest absolute Gasteiger partial charge is 0.556 e. The van der Waals surface area contributed by atoms with E-state index in [2.05, 4.69) is 49.4 Å². The zero-order valence-electron chi connectivity index (χ0n) is 61.1. The van der Waals surface area contributed by atoms with Gasteiger partial charge in [-0.15, -0.1) is 3.89 Å². The minimum atomic E-state index is -4.87. The molecule has 7 N–H and O–H groups in total. The molecule has 566 valence electrons. The Kier molecular flexibility index (Phi) is 35.8. The third-order valence-corrected chi connectivity index (χ3v) is 20.3. The van der Waals surface area contributed by atoms with E-state index >= 15 is 0 Å². The Morgan fingerprint density at radius 1 is 0.648 bits per heavy atom. The number of hydrogen-bond donors (Lipinski definition) is 7. The number of rotatable bonds is 53. The van der Waals surface area contributed by atoms with Crippen molar-refractivity contribution in [3.8, 4) is 0 Å². The minimum Gasteiger partial charge on any atom is -0.556 e. The van der Waals surface area contributed by atoms with Crippen LogP contribution in [0.25, 0.3) is 10.4 Å². The van der Waals surface area contributed by atoms with Crippen LogP contribution < -0.4 is 21.2 Å². The van der Waals surface area contributed by atoms with Crippen molar-refractivity contribution < 1.29 is 69.6 Å². The molecule has 31 heteroatoms. The number of azide groups is 1. The third-order valence-electron chi connectivity index (χ3n) is 19.5. The second-order valence-corrected chi connectivity index (χ2v) is 28.5. The lowest BCUT2D eigenvalue weighted by Crippen LogP contribution is -2.47. The maximum absolute atomic E-state index is 14.7. The highest BCUT2D eigenvalue weighted by Gasteiger charge is 2.52. The molecule has 0 aromatic heterocycles. The van der Waals surface area contributed by atoms with Crippen LogP contribution in [0, 0.1) is 10.8 Å². The summed E-state index contributed by atoms with van der Waals surface area (Å²) in [5, 5.41) is 40.0. The molecule has 1 saturated heterocycles. The quantitative estimate of drug-likeness (QED) is 0.00316. The first-order valence-corrected chi connectivity index (χ1v) is 38.4. The number of carbonyl (C=O) groups excluding carboxylic acids is 6. The zero-order chi connectivity index (χ0) is 75.4. The molecule has 1 heterocycles. The Balaban J connectivity index is 0.978. The number of likely N-dealkylation sites (N-methyl/N-ethyl adjacent to an activating group) is 2. The SMILES string of the molecule is CB(O)NCCCCCCCC(=O)Nc1ccc2c(c1)C1(CCC(=O)N(C)CCOCCOCCOCCN(C)C(=O)[C@@H]3C[C@H](N=[N+]=[N-])CN3C(=O)CCc3ccc(S(=O)(=O)F)cc3)c3cc(NC(=O)CCCCCCC[B]OC=N)ccc3C2c2ccc(NC(=O)CCCCCCC[B]OC=N)cc21. The van der Waals surface area contributed by atoms with Crippen LogP contribution >= 0.6 is 0 Å². The van der Waals surface area contributed by atoms with Gasteiger partial charge in [-0.1, -0.05) is 106 Å². The molecule has 0 spiro atoms. The molecule has 2 radical (unpaired) electrons. The molecule has 8 rings (SSSR count). The summed E-state index contributed by atoms with van der Waals surface area (Å²) in [5.74, 6) is -1.43. The van der Waals surface area contributed by atoms with E-state index in [4.69, 9.17) is 39.9 Å². The Hall–Kier alpha value is -8.18. The van der Waals surface area contributed by atoms with Crippen molar-refractivity contribution >= 4 is 97.5 Å². The number of nitrogens with one attached hydrogen (secondary N) is 6. The van der Waals surface area contributed by atoms with Crippen LogP contribution in [0.5, 0.6) is 0 Å². The van der Waals surface area contributed by atoms with Gasteiger partial charge < -0.3 is 64.4 Å². The number of hydrogen-bond acceptors (Lipinski definition) is 18. The molecule has 0 saturated carbocycles. The summed E-state index contributed by atoms with van der Waals surface area (Å²) in [6.45, 7) is 4.29. The topological polar surface area (TPSA) is 357 Å². The van der Waals surface area contributed by atoms with E-state index in [1.165, 1.54) is 21.9 Å². The number of nitrogens with zero attached hydrogens (tertiary/aromatic N) is 6. The van der Waals surface area contributed by atoms with Gasteiger partial charge in [-0.05, 0) is 164 Å². The average molecular weight is 1470 g/mol. The van der Waals surface area contributed by atoms with E-state index in [0.717, 1.165) is 155 Å². The smallest absolute Gasteiger partial charge is 0.373 e. The van der Waals surface area contributed by atoms with Gasteiger partial charge in [0, 0.05) is 99.1 Å². The van der Waals surface area contributed by atoms with Gasteiger partial charge >= 0.3 is 32.2 Å². The van der Waals surface area contributed by atoms with E-state index in [9.17, 15) is 46.1 Å². The zero-order valence-corrected chi connectivity index (χ0v) is 61.9. The van der Waals surface area contributed by atoms with Gasteiger partial charge in [0.15, 0.2) is 0 Å². The number of likely N-dealkylation sites (tertiary alicyclic amines) is 1. The van der Waals surface area contributed by atoms with E-state index in [1.807, 2.05) is 36.4 Å². The summed E-state index contributed by atoms with van der Waals surface area (Å²) in [7, 11) is 1.15. The van der Waals surface area contributed by atoms with Gasteiger partial charge in [0.2, 0.25) is 35.4 Å². The van der Waals surface area contributed by atoms with Crippen LogP contribution in [0.15, 0.2) is 88.9 Å². The average Bonchev–Trinajstić information content (AvgIpc) is 0.935. The number of aryl methyl sites for hydroxylation is 1. The first-order chi connectivity index (χ1) is 50.8. The highest BCUT2D eigenvalue weighted by atomic mass is 32.3. The molecule has 4 aliphatic rings. The van der Waals surface area contributed by atoms with Gasteiger partial charge in [-0.3, -0.25) is 39.6 Å². The van der Waals surface area contributed by atoms with Crippen LogP contribution in [0.1, 0.15) is 186 Å². The second-order valence-electron chi connectivity index (χ2n) is 27.1. The summed E-state index contributed by atoms with van der Waals surface area (Å²) in [5.41, 5.74) is 16.4. The molecular weight excluding hydrogens is 1360 g/mol. The number of benzene rings is 4. The maximum Gasteiger partial charge on any atom is 0.373 e. The van der Waals surface area contributed by atoms with E-state index in [1.54, 1.807) is 40.8 Å². The van der Waals surface area contributed by atoms with E-state index < -0.39 is 39.7 Å². The van der Waals surface area contributed by atoms with Gasteiger partial charge in [-0.2, -0.15) is 8.42 Å². The standard InChI is InChI=1S/C74H104B3FN12O14S/c1-77(97)82-38-18-12-6-9-15-21-69(93)85-57-27-32-62-65(49-57)74(35-34-70(94)88(2)39-41-100-43-45-102-46-44-101-42-40-89(3)73(96)66-50-58(86-87-81)51-90(66)71(95)33-24-54-22-28-59(29-23-54)105(78,98)99)63-47-55(83-67(91)19-13-7-4-10-16-36-75-103-52-79)25-30-60(63)72(62)61-31-26-56(48-64(61)74)84-68(92)20-14-8-5-11-17-37-76-104-53-80/h22-23,25-32,47-49,52-53,58,66,72,79-80,82,97H,4-21,24,33-46,50-51H2,1-3H3,(H,83,91)(H,84,92)(H,85,93)/t58-,66-,72?,74?/m0/s1. The van der Waals surface area contributed by atoms with Crippen LogP contribution in [0.4, 0.5) is 20.9 Å². The fourth-order valence-corrected chi connectivity index (χ4v) is 14.4. The summed E-state index contributed by atoms with van der Waals surface area (Å²) >= 11 is 0. The highest BCUT2D eigenvalue weighted by Crippen LogP contribution is 2.62. The normalized spacial score (nSPS) is 16.0. The first-order valence-electron chi connectivity index (χ1n) is 37.0. The molecule has 6 amide bonds. The van der Waals surface area contributed by atoms with Crippen LogP contribution in [-0.4, -0.2) is 190 Å². The first kappa shape index (κ1) is 84.1. The summed E-state index contributed by atoms with van der Waals surface area (Å²) in [4.78, 5) is 90.0. The number of ether oxygens (including phenoxy) is 3. The van der Waals surface area contributed by atoms with Crippen molar-refractivity contribution in [3.05, 3.63) is 128 Å². The van der Waals surface area contributed by atoms with Crippen LogP contribution in [0.2, 0.25) is 19.5 Å². The molecule has 4 aromatic carbocycles. The summed E-state index contributed by atoms with van der Waals surface area (Å²) in [6.07, 6.45) is 18.4. The van der Waals surface area contributed by atoms with Crippen molar-refractivity contribution in [2.24, 2.45) is 5.11 Å². The predicted octanol–water partition coefficient (Wildman–Crippen LogP) is 11.0.